The topological polar surface area (TPSA) is 55.8 Å². The normalized spacial score (nSPS) is 29.2. The van der Waals surface area contributed by atoms with Crippen LogP contribution in [0.2, 0.25) is 0 Å². The lowest BCUT2D eigenvalue weighted by molar-refractivity contribution is -0.165. The van der Waals surface area contributed by atoms with Crippen LogP contribution in [-0.2, 0) is 19.1 Å². The molecule has 3 fully saturated rings. The lowest BCUT2D eigenvalue weighted by Gasteiger charge is -2.36. The van der Waals surface area contributed by atoms with Gasteiger partial charge in [0.1, 0.15) is 12.2 Å². The third-order valence-electron chi connectivity index (χ3n) is 6.78. The fraction of sp³-hybridized carbons (Fsp3) is 0.652. The van der Waals surface area contributed by atoms with Crippen LogP contribution in [0.25, 0.3) is 0 Å². The largest absolute Gasteiger partial charge is 0.461 e. The lowest BCUT2D eigenvalue weighted by atomic mass is 9.96. The minimum Gasteiger partial charge on any atom is -0.461 e. The molecular weight excluding hydrogens is 354 g/mol. The molecule has 0 radical (unpaired) electrons. The predicted octanol–water partition coefficient (Wildman–Crippen LogP) is 3.81. The van der Waals surface area contributed by atoms with Crippen molar-refractivity contribution < 1.29 is 19.1 Å². The summed E-state index contributed by atoms with van der Waals surface area (Å²) in [4.78, 5) is 28.4. The van der Waals surface area contributed by atoms with Crippen LogP contribution in [0.5, 0.6) is 0 Å². The number of carbonyl (C=O) groups excluding carboxylic acids is 2. The van der Waals surface area contributed by atoms with Gasteiger partial charge in [-0.1, -0.05) is 36.8 Å². The standard InChI is InChI=1S/C23H31NO4/c1-24-17-12-13-18(24)15-20(14-17)28-23(26)21(16-8-4-2-5-9-16)22(25)27-19-10-6-3-7-11-19/h2,4-5,8-9,17-21H,3,6-7,10-15H2,1H3. The molecule has 2 heterocycles. The van der Waals surface area contributed by atoms with Crippen LogP contribution >= 0.6 is 0 Å². The maximum atomic E-state index is 13.1. The molecule has 3 atom stereocenters. The van der Waals surface area contributed by atoms with Crippen molar-refractivity contribution in [1.29, 1.82) is 0 Å². The highest BCUT2D eigenvalue weighted by molar-refractivity contribution is 6.01. The Labute approximate surface area is 167 Å². The Morgan fingerprint density at radius 1 is 0.857 bits per heavy atom. The SMILES string of the molecule is CN1C2CCC1CC(OC(=O)C(C(=O)OC1CCCCC1)c1ccccc1)C2. The third-order valence-corrected chi connectivity index (χ3v) is 6.78. The van der Waals surface area contributed by atoms with Gasteiger partial charge in [0.25, 0.3) is 0 Å². The molecule has 5 nitrogen and oxygen atoms in total. The van der Waals surface area contributed by atoms with E-state index in [0.717, 1.165) is 38.5 Å². The lowest BCUT2D eigenvalue weighted by Crippen LogP contribution is -2.44. The van der Waals surface area contributed by atoms with Gasteiger partial charge in [0, 0.05) is 12.1 Å². The van der Waals surface area contributed by atoms with Crippen LogP contribution in [0.1, 0.15) is 69.3 Å². The zero-order valence-corrected chi connectivity index (χ0v) is 16.7. The van der Waals surface area contributed by atoms with Crippen molar-refractivity contribution in [2.75, 3.05) is 7.05 Å². The summed E-state index contributed by atoms with van der Waals surface area (Å²) in [6.45, 7) is 0. The molecule has 1 aromatic rings. The van der Waals surface area contributed by atoms with Crippen LogP contribution in [0.3, 0.4) is 0 Å². The number of hydrogen-bond acceptors (Lipinski definition) is 5. The highest BCUT2D eigenvalue weighted by atomic mass is 16.6. The van der Waals surface area contributed by atoms with Gasteiger partial charge in [0.15, 0.2) is 5.92 Å². The number of piperidine rings is 1. The molecule has 28 heavy (non-hydrogen) atoms. The summed E-state index contributed by atoms with van der Waals surface area (Å²) in [5.74, 6) is -1.90. The van der Waals surface area contributed by atoms with Crippen molar-refractivity contribution in [1.82, 2.24) is 4.90 Å². The molecule has 0 aromatic heterocycles. The molecule has 152 valence electrons. The Morgan fingerprint density at radius 2 is 1.43 bits per heavy atom. The van der Waals surface area contributed by atoms with E-state index in [0.29, 0.717) is 17.6 Å². The van der Waals surface area contributed by atoms with Gasteiger partial charge in [-0.25, -0.2) is 0 Å². The maximum Gasteiger partial charge on any atom is 0.325 e. The highest BCUT2D eigenvalue weighted by Crippen LogP contribution is 2.36. The third kappa shape index (κ3) is 4.24. The van der Waals surface area contributed by atoms with E-state index >= 15 is 0 Å². The number of nitrogens with zero attached hydrogens (tertiary/aromatic N) is 1. The number of rotatable bonds is 5. The maximum absolute atomic E-state index is 13.1. The Morgan fingerprint density at radius 3 is 2.04 bits per heavy atom. The highest BCUT2D eigenvalue weighted by Gasteiger charge is 2.42. The van der Waals surface area contributed by atoms with E-state index in [9.17, 15) is 9.59 Å². The van der Waals surface area contributed by atoms with Crippen LogP contribution < -0.4 is 0 Å². The summed E-state index contributed by atoms with van der Waals surface area (Å²) < 4.78 is 11.6. The van der Waals surface area contributed by atoms with Crippen LogP contribution in [0.15, 0.2) is 30.3 Å². The first kappa shape index (κ1) is 19.4. The van der Waals surface area contributed by atoms with E-state index in [2.05, 4.69) is 11.9 Å². The molecular formula is C23H31NO4. The monoisotopic (exact) mass is 385 g/mol. The summed E-state index contributed by atoms with van der Waals surface area (Å²) in [7, 11) is 2.16. The first-order valence-corrected chi connectivity index (χ1v) is 10.8. The van der Waals surface area contributed by atoms with Gasteiger partial charge in [0.05, 0.1) is 0 Å². The van der Waals surface area contributed by atoms with Crippen molar-refractivity contribution in [2.45, 2.75) is 88.0 Å². The second kappa shape index (κ2) is 8.64. The van der Waals surface area contributed by atoms with E-state index in [1.54, 1.807) is 0 Å². The van der Waals surface area contributed by atoms with Gasteiger partial charge >= 0.3 is 11.9 Å². The molecule has 2 saturated heterocycles. The molecule has 3 unspecified atom stereocenters. The average molecular weight is 386 g/mol. The summed E-state index contributed by atoms with van der Waals surface area (Å²) in [5.41, 5.74) is 0.657. The number of benzene rings is 1. The molecule has 1 aliphatic carbocycles. The van der Waals surface area contributed by atoms with Crippen molar-refractivity contribution in [2.24, 2.45) is 0 Å². The number of hydrogen-bond donors (Lipinski definition) is 0. The molecule has 0 spiro atoms. The van der Waals surface area contributed by atoms with Crippen molar-refractivity contribution in [3.05, 3.63) is 35.9 Å². The number of fused-ring (bicyclic) bond motifs is 2. The van der Waals surface area contributed by atoms with Gasteiger partial charge in [0.2, 0.25) is 0 Å². The fourth-order valence-corrected chi connectivity index (χ4v) is 5.12. The van der Waals surface area contributed by atoms with Crippen molar-refractivity contribution in [3.8, 4) is 0 Å². The summed E-state index contributed by atoms with van der Waals surface area (Å²) in [6, 6.07) is 10.2. The molecule has 0 N–H and O–H groups in total. The fourth-order valence-electron chi connectivity index (χ4n) is 5.12. The Bertz CT molecular complexity index is 671. The molecule has 1 saturated carbocycles. The summed E-state index contributed by atoms with van der Waals surface area (Å²) in [5, 5.41) is 0. The molecule has 2 bridgehead atoms. The van der Waals surface area contributed by atoms with Crippen LogP contribution in [0, 0.1) is 0 Å². The second-order valence-corrected chi connectivity index (χ2v) is 8.62. The van der Waals surface area contributed by atoms with Crippen LogP contribution in [-0.4, -0.2) is 48.2 Å². The minimum absolute atomic E-state index is 0.0700. The summed E-state index contributed by atoms with van der Waals surface area (Å²) >= 11 is 0. The summed E-state index contributed by atoms with van der Waals surface area (Å²) in [6.07, 6.45) is 9.01. The Hall–Kier alpha value is -1.88. The van der Waals surface area contributed by atoms with E-state index in [1.165, 1.54) is 19.3 Å². The van der Waals surface area contributed by atoms with Gasteiger partial charge < -0.3 is 14.4 Å². The number of carbonyl (C=O) groups is 2. The van der Waals surface area contributed by atoms with E-state index in [4.69, 9.17) is 9.47 Å². The molecule has 5 heteroatoms. The van der Waals surface area contributed by atoms with Gasteiger partial charge in [-0.2, -0.15) is 0 Å². The van der Waals surface area contributed by atoms with E-state index < -0.39 is 17.9 Å². The molecule has 4 rings (SSSR count). The van der Waals surface area contributed by atoms with Crippen molar-refractivity contribution >= 4 is 11.9 Å². The minimum atomic E-state index is -0.986. The Kier molecular flexibility index (Phi) is 6.00. The Balaban J connectivity index is 1.45. The van der Waals surface area contributed by atoms with Gasteiger partial charge in [-0.3, -0.25) is 9.59 Å². The second-order valence-electron chi connectivity index (χ2n) is 8.62. The molecule has 1 aromatic carbocycles. The average Bonchev–Trinajstić information content (AvgIpc) is 2.90. The van der Waals surface area contributed by atoms with E-state index in [1.807, 2.05) is 30.3 Å². The van der Waals surface area contributed by atoms with Gasteiger partial charge in [-0.05, 0) is 64.0 Å². The predicted molar refractivity (Wildman–Crippen MR) is 106 cm³/mol. The smallest absolute Gasteiger partial charge is 0.325 e. The quantitative estimate of drug-likeness (QED) is 0.570. The van der Waals surface area contributed by atoms with Crippen LogP contribution in [0.4, 0.5) is 0 Å². The molecule has 0 amide bonds. The zero-order chi connectivity index (χ0) is 19.5. The first-order valence-electron chi connectivity index (χ1n) is 10.8. The first-order chi connectivity index (χ1) is 13.6. The number of ether oxygens (including phenoxy) is 2. The number of esters is 2. The van der Waals surface area contributed by atoms with E-state index in [-0.39, 0.29) is 12.2 Å². The van der Waals surface area contributed by atoms with Gasteiger partial charge in [-0.15, -0.1) is 0 Å². The molecule has 2 aliphatic heterocycles. The van der Waals surface area contributed by atoms with Crippen molar-refractivity contribution in [3.63, 3.8) is 0 Å². The zero-order valence-electron chi connectivity index (χ0n) is 16.7. The molecule has 3 aliphatic rings.